The minimum absolute atomic E-state index is 0.0140. The maximum Gasteiger partial charge on any atom is 0.137 e. The van der Waals surface area contributed by atoms with Crippen molar-refractivity contribution in [1.82, 2.24) is 10.3 Å². The quantitative estimate of drug-likeness (QED) is 0.807. The van der Waals surface area contributed by atoms with Crippen LogP contribution in [0.3, 0.4) is 0 Å². The first kappa shape index (κ1) is 17.3. The Morgan fingerprint density at radius 2 is 2.15 bits per heavy atom. The summed E-state index contributed by atoms with van der Waals surface area (Å²) in [5.41, 5.74) is 6.60. The van der Waals surface area contributed by atoms with Crippen LogP contribution in [-0.2, 0) is 0 Å². The summed E-state index contributed by atoms with van der Waals surface area (Å²) >= 11 is 0. The largest absolute Gasteiger partial charge is 0.373 e. The Morgan fingerprint density at radius 3 is 2.92 bits per heavy atom. The fourth-order valence-corrected chi connectivity index (χ4v) is 4.15. The van der Waals surface area contributed by atoms with Gasteiger partial charge in [0.1, 0.15) is 12.9 Å². The van der Waals surface area contributed by atoms with Crippen molar-refractivity contribution >= 4 is 11.4 Å². The Bertz CT molecular complexity index is 763. The molecule has 6 heteroatoms. The van der Waals surface area contributed by atoms with Crippen molar-refractivity contribution in [2.75, 3.05) is 37.8 Å². The number of alkyl halides is 1. The molecule has 3 aliphatic rings. The number of hydrazone groups is 1. The third-order valence-corrected chi connectivity index (χ3v) is 5.53. The van der Waals surface area contributed by atoms with Crippen LogP contribution in [0.25, 0.3) is 0 Å². The van der Waals surface area contributed by atoms with Crippen molar-refractivity contribution in [1.29, 1.82) is 0 Å². The van der Waals surface area contributed by atoms with Crippen molar-refractivity contribution < 1.29 is 9.50 Å². The van der Waals surface area contributed by atoms with Gasteiger partial charge in [0.15, 0.2) is 0 Å². The molecule has 0 radical (unpaired) electrons. The minimum atomic E-state index is -0.769. The number of nitrogens with zero attached hydrogens (tertiary/aromatic N) is 3. The monoisotopic (exact) mass is 356 g/mol. The molecule has 0 spiro atoms. The van der Waals surface area contributed by atoms with Crippen molar-refractivity contribution in [2.24, 2.45) is 11.0 Å². The molecule has 0 aromatic heterocycles. The van der Waals surface area contributed by atoms with E-state index in [-0.39, 0.29) is 18.5 Å². The summed E-state index contributed by atoms with van der Waals surface area (Å²) in [6.45, 7) is 4.72. The van der Waals surface area contributed by atoms with E-state index >= 15 is 0 Å². The topological polar surface area (TPSA) is 51.1 Å². The van der Waals surface area contributed by atoms with E-state index in [0.717, 1.165) is 42.2 Å². The number of rotatable bonds is 3. The molecule has 5 nitrogen and oxygen atoms in total. The van der Waals surface area contributed by atoms with Crippen LogP contribution in [0.1, 0.15) is 30.9 Å². The highest BCUT2D eigenvalue weighted by Gasteiger charge is 2.43. The molecule has 2 unspecified atom stereocenters. The number of halogens is 1. The lowest BCUT2D eigenvalue weighted by Crippen LogP contribution is -2.52. The smallest absolute Gasteiger partial charge is 0.137 e. The highest BCUT2D eigenvalue weighted by Crippen LogP contribution is 2.37. The Kier molecular flexibility index (Phi) is 4.84. The van der Waals surface area contributed by atoms with Crippen molar-refractivity contribution in [2.45, 2.75) is 32.0 Å². The lowest BCUT2D eigenvalue weighted by atomic mass is 9.84. The minimum Gasteiger partial charge on any atom is -0.373 e. The molecule has 0 amide bonds. The molecule has 3 aliphatic heterocycles. The molecule has 138 valence electrons. The molecular formula is C20H25FN4O. The summed E-state index contributed by atoms with van der Waals surface area (Å²) in [7, 11) is 0. The molecule has 1 fully saturated rings. The van der Waals surface area contributed by atoms with E-state index in [1.807, 2.05) is 25.1 Å². The second-order valence-corrected chi connectivity index (χ2v) is 7.25. The predicted octanol–water partition coefficient (Wildman–Crippen LogP) is 1.55. The fraction of sp³-hybridized carbons (Fsp3) is 0.550. The molecule has 1 aromatic carbocycles. The second-order valence-electron chi connectivity index (χ2n) is 7.25. The molecule has 2 N–H and O–H groups in total. The molecule has 4 rings (SSSR count). The number of hydrogen-bond acceptors (Lipinski definition) is 5. The number of fused-ring (bicyclic) bond motifs is 3. The van der Waals surface area contributed by atoms with E-state index in [0.29, 0.717) is 0 Å². The number of aliphatic hydroxyl groups is 1. The molecule has 0 bridgehead atoms. The fourth-order valence-electron chi connectivity index (χ4n) is 4.15. The van der Waals surface area contributed by atoms with Crippen LogP contribution in [-0.4, -0.2) is 60.8 Å². The van der Waals surface area contributed by atoms with E-state index in [1.54, 1.807) is 4.90 Å². The molecule has 3 heterocycles. The summed E-state index contributed by atoms with van der Waals surface area (Å²) in [6, 6.07) is 5.91. The van der Waals surface area contributed by atoms with Gasteiger partial charge in [-0.3, -0.25) is 4.90 Å². The van der Waals surface area contributed by atoms with Crippen molar-refractivity contribution in [3.8, 4) is 11.8 Å². The Morgan fingerprint density at radius 1 is 1.35 bits per heavy atom. The third kappa shape index (κ3) is 3.06. The van der Waals surface area contributed by atoms with Gasteiger partial charge in [-0.1, -0.05) is 11.8 Å². The van der Waals surface area contributed by atoms with Gasteiger partial charge in [0.05, 0.1) is 24.2 Å². The van der Waals surface area contributed by atoms with E-state index in [9.17, 15) is 9.50 Å². The SMILES string of the molecule is CC1NN=C2c3cc(C#CCN4CCCC4)ccc3N(CCF)[C@H](O)C21. The molecule has 26 heavy (non-hydrogen) atoms. The zero-order valence-corrected chi connectivity index (χ0v) is 15.1. The molecule has 1 saturated heterocycles. The van der Waals surface area contributed by atoms with Gasteiger partial charge in [-0.2, -0.15) is 5.10 Å². The highest BCUT2D eigenvalue weighted by molar-refractivity contribution is 6.10. The summed E-state index contributed by atoms with van der Waals surface area (Å²) in [4.78, 5) is 4.11. The zero-order valence-electron chi connectivity index (χ0n) is 15.1. The number of hydrogen-bond donors (Lipinski definition) is 2. The number of anilines is 1. The van der Waals surface area contributed by atoms with Gasteiger partial charge in [0, 0.05) is 23.4 Å². The summed E-state index contributed by atoms with van der Waals surface area (Å²) < 4.78 is 13.1. The third-order valence-electron chi connectivity index (χ3n) is 5.53. The van der Waals surface area contributed by atoms with Crippen LogP contribution < -0.4 is 10.3 Å². The molecule has 0 saturated carbocycles. The molecule has 0 aliphatic carbocycles. The number of likely N-dealkylation sites (tertiary alicyclic amines) is 1. The van der Waals surface area contributed by atoms with Gasteiger partial charge in [0.2, 0.25) is 0 Å². The van der Waals surface area contributed by atoms with Gasteiger partial charge in [-0.25, -0.2) is 4.39 Å². The summed E-state index contributed by atoms with van der Waals surface area (Å²) in [5.74, 6) is 6.35. The first-order chi connectivity index (χ1) is 12.7. The Labute approximate surface area is 153 Å². The Balaban J connectivity index is 1.63. The van der Waals surface area contributed by atoms with Crippen LogP contribution in [0, 0.1) is 17.8 Å². The van der Waals surface area contributed by atoms with E-state index in [2.05, 4.69) is 27.3 Å². The average Bonchev–Trinajstić information content (AvgIpc) is 3.29. The summed E-state index contributed by atoms with van der Waals surface area (Å²) in [5, 5.41) is 15.2. The van der Waals surface area contributed by atoms with Crippen LogP contribution in [0.5, 0.6) is 0 Å². The van der Waals surface area contributed by atoms with Crippen LogP contribution in [0.4, 0.5) is 10.1 Å². The van der Waals surface area contributed by atoms with Gasteiger partial charge >= 0.3 is 0 Å². The lowest BCUT2D eigenvalue weighted by molar-refractivity contribution is 0.118. The summed E-state index contributed by atoms with van der Waals surface area (Å²) in [6.07, 6.45) is 1.76. The van der Waals surface area contributed by atoms with Crippen LogP contribution >= 0.6 is 0 Å². The number of aliphatic hydroxyl groups excluding tert-OH is 1. The van der Waals surface area contributed by atoms with E-state index < -0.39 is 12.9 Å². The van der Waals surface area contributed by atoms with E-state index in [4.69, 9.17) is 0 Å². The highest BCUT2D eigenvalue weighted by atomic mass is 19.1. The van der Waals surface area contributed by atoms with Gasteiger partial charge in [0.25, 0.3) is 0 Å². The second kappa shape index (κ2) is 7.26. The average molecular weight is 356 g/mol. The zero-order chi connectivity index (χ0) is 18.1. The van der Waals surface area contributed by atoms with Gasteiger partial charge < -0.3 is 15.4 Å². The number of nitrogens with one attached hydrogen (secondary N) is 1. The lowest BCUT2D eigenvalue weighted by Gasteiger charge is -2.40. The number of benzene rings is 1. The Hall–Kier alpha value is -2.10. The van der Waals surface area contributed by atoms with Crippen molar-refractivity contribution in [3.63, 3.8) is 0 Å². The maximum atomic E-state index is 13.1. The normalized spacial score (nSPS) is 27.3. The first-order valence-corrected chi connectivity index (χ1v) is 9.38. The maximum absolute atomic E-state index is 13.1. The van der Waals surface area contributed by atoms with Gasteiger partial charge in [-0.15, -0.1) is 0 Å². The predicted molar refractivity (Wildman–Crippen MR) is 101 cm³/mol. The van der Waals surface area contributed by atoms with Crippen LogP contribution in [0.15, 0.2) is 23.3 Å². The van der Waals surface area contributed by atoms with E-state index in [1.165, 1.54) is 12.8 Å². The van der Waals surface area contributed by atoms with Crippen molar-refractivity contribution in [3.05, 3.63) is 29.3 Å². The molecular weight excluding hydrogens is 331 g/mol. The van der Waals surface area contributed by atoms with Gasteiger partial charge in [-0.05, 0) is 51.1 Å². The first-order valence-electron chi connectivity index (χ1n) is 9.38. The standard InChI is InChI=1S/C20H25FN4O/c1-14-18-19(23-22-14)16-13-15(5-4-11-24-9-2-3-10-24)6-7-17(16)25(12-8-21)20(18)26/h6-7,13-14,18,20,22,26H,2-3,8-12H2,1H3/t14?,18?,20-/m1/s1. The molecule has 1 aromatic rings. The molecule has 3 atom stereocenters. The van der Waals surface area contributed by atoms with Crippen LogP contribution in [0.2, 0.25) is 0 Å².